The average Bonchev–Trinajstić information content (AvgIpc) is 2.17. The maximum absolute atomic E-state index is 12.5. The van der Waals surface area contributed by atoms with E-state index in [1.807, 2.05) is 0 Å². The Morgan fingerprint density at radius 3 is 2.73 bits per heavy atom. The largest absolute Gasteiger partial charge is 0.356 e. The van der Waals surface area contributed by atoms with Crippen molar-refractivity contribution in [3.8, 4) is 6.07 Å². The molecule has 3 nitrogen and oxygen atoms in total. The summed E-state index contributed by atoms with van der Waals surface area (Å²) < 4.78 is 25.0. The van der Waals surface area contributed by atoms with Crippen LogP contribution in [-0.4, -0.2) is 4.98 Å². The zero-order chi connectivity index (χ0) is 11.4. The molecule has 0 fully saturated rings. The van der Waals surface area contributed by atoms with Crippen molar-refractivity contribution in [2.24, 2.45) is 0 Å². The second kappa shape index (κ2) is 4.89. The minimum absolute atomic E-state index is 0.114. The van der Waals surface area contributed by atoms with Crippen LogP contribution in [0.25, 0.3) is 0 Å². The van der Waals surface area contributed by atoms with Crippen LogP contribution < -0.4 is 5.43 Å². The number of H-pyrrole nitrogens is 1. The molecule has 0 amide bonds. The molecule has 0 unspecified atom stereocenters. The van der Waals surface area contributed by atoms with Crippen molar-refractivity contribution in [2.45, 2.75) is 18.7 Å². The summed E-state index contributed by atoms with van der Waals surface area (Å²) >= 11 is 5.39. The Hall–Kier alpha value is -1.41. The maximum atomic E-state index is 12.5. The Kier molecular flexibility index (Phi) is 3.81. The molecule has 0 aromatic carbocycles. The van der Waals surface area contributed by atoms with Gasteiger partial charge in [-0.15, -0.1) is 11.6 Å². The molecule has 6 heteroatoms. The third kappa shape index (κ3) is 2.54. The Morgan fingerprint density at radius 2 is 2.27 bits per heavy atom. The molecule has 15 heavy (non-hydrogen) atoms. The molecule has 0 radical (unpaired) electrons. The van der Waals surface area contributed by atoms with E-state index in [4.69, 9.17) is 16.9 Å². The van der Waals surface area contributed by atoms with Crippen molar-refractivity contribution in [2.75, 3.05) is 0 Å². The number of nitrogens with zero attached hydrogens (tertiary/aromatic N) is 1. The first kappa shape index (κ1) is 11.7. The van der Waals surface area contributed by atoms with Gasteiger partial charge in [0.1, 0.15) is 0 Å². The highest BCUT2D eigenvalue weighted by atomic mass is 35.5. The first-order valence-corrected chi connectivity index (χ1v) is 4.59. The van der Waals surface area contributed by atoms with Gasteiger partial charge in [0, 0.05) is 17.3 Å². The summed E-state index contributed by atoms with van der Waals surface area (Å²) in [5.74, 6) is -0.276. The Bertz CT molecular complexity index is 450. The number of aromatic nitrogens is 1. The van der Waals surface area contributed by atoms with Crippen molar-refractivity contribution in [3.05, 3.63) is 33.2 Å². The molecule has 1 heterocycles. The van der Waals surface area contributed by atoms with Gasteiger partial charge in [0.2, 0.25) is 0 Å². The number of rotatable bonds is 3. The summed E-state index contributed by atoms with van der Waals surface area (Å²) in [7, 11) is 0. The number of hydrogen-bond donors (Lipinski definition) is 1. The highest BCUT2D eigenvalue weighted by Gasteiger charge is 2.16. The Labute approximate surface area is 89.3 Å². The first-order chi connectivity index (χ1) is 7.10. The van der Waals surface area contributed by atoms with Crippen molar-refractivity contribution in [1.29, 1.82) is 5.26 Å². The second-order valence-corrected chi connectivity index (χ2v) is 3.09. The van der Waals surface area contributed by atoms with Gasteiger partial charge in [-0.1, -0.05) is 0 Å². The van der Waals surface area contributed by atoms with Crippen LogP contribution in [0.3, 0.4) is 0 Å². The Morgan fingerprint density at radius 1 is 1.60 bits per heavy atom. The molecule has 0 spiro atoms. The molecule has 80 valence electrons. The molecule has 0 saturated carbocycles. The van der Waals surface area contributed by atoms with Crippen LogP contribution >= 0.6 is 11.6 Å². The van der Waals surface area contributed by atoms with Gasteiger partial charge >= 0.3 is 0 Å². The van der Waals surface area contributed by atoms with E-state index >= 15 is 0 Å². The Balaban J connectivity index is 3.33. The fourth-order valence-electron chi connectivity index (χ4n) is 1.17. The molecule has 0 atom stereocenters. The number of hydrogen-bond acceptors (Lipinski definition) is 2. The van der Waals surface area contributed by atoms with E-state index in [0.717, 1.165) is 6.07 Å². The number of nitrogens with one attached hydrogen (secondary N) is 1. The van der Waals surface area contributed by atoms with Crippen LogP contribution in [0.1, 0.15) is 23.4 Å². The van der Waals surface area contributed by atoms with Gasteiger partial charge in [-0.05, 0) is 0 Å². The van der Waals surface area contributed by atoms with E-state index in [0.29, 0.717) is 0 Å². The molecule has 0 bridgehead atoms. The summed E-state index contributed by atoms with van der Waals surface area (Å²) in [6, 6.07) is 2.88. The highest BCUT2D eigenvalue weighted by molar-refractivity contribution is 6.17. The molecular formula is C9H7ClF2N2O. The molecule has 1 aromatic heterocycles. The van der Waals surface area contributed by atoms with Crippen molar-refractivity contribution in [3.63, 3.8) is 0 Å². The van der Waals surface area contributed by atoms with Gasteiger partial charge < -0.3 is 4.98 Å². The standard InChI is InChI=1S/C9H7ClF2N2O/c10-4-6-7(15)3-5(1-2-13)14-8(6)9(11)12/h3,9H,1,4H2,(H,14,15). The molecule has 0 aliphatic rings. The normalized spacial score (nSPS) is 10.3. The van der Waals surface area contributed by atoms with Crippen LogP contribution in [0.2, 0.25) is 0 Å². The zero-order valence-electron chi connectivity index (χ0n) is 7.56. The van der Waals surface area contributed by atoms with E-state index in [9.17, 15) is 13.6 Å². The summed E-state index contributed by atoms with van der Waals surface area (Å²) in [6.07, 6.45) is -2.91. The van der Waals surface area contributed by atoms with Crippen molar-refractivity contribution < 1.29 is 8.78 Å². The lowest BCUT2D eigenvalue weighted by molar-refractivity contribution is 0.144. The number of aromatic amines is 1. The van der Waals surface area contributed by atoms with Gasteiger partial charge in [-0.3, -0.25) is 4.79 Å². The van der Waals surface area contributed by atoms with Crippen LogP contribution in [0.15, 0.2) is 10.9 Å². The number of pyridine rings is 1. The third-order valence-electron chi connectivity index (χ3n) is 1.84. The minimum atomic E-state index is -2.80. The third-order valence-corrected chi connectivity index (χ3v) is 2.11. The molecule has 1 rings (SSSR count). The summed E-state index contributed by atoms with van der Waals surface area (Å²) in [6.45, 7) is 0. The van der Waals surface area contributed by atoms with E-state index < -0.39 is 17.5 Å². The molecule has 1 aromatic rings. The second-order valence-electron chi connectivity index (χ2n) is 2.82. The lowest BCUT2D eigenvalue weighted by Crippen LogP contribution is -2.14. The van der Waals surface area contributed by atoms with Crippen LogP contribution in [0, 0.1) is 11.3 Å². The lowest BCUT2D eigenvalue weighted by Gasteiger charge is -2.07. The van der Waals surface area contributed by atoms with Gasteiger partial charge in [0.25, 0.3) is 6.43 Å². The maximum Gasteiger partial charge on any atom is 0.278 e. The van der Waals surface area contributed by atoms with Crippen LogP contribution in [0.5, 0.6) is 0 Å². The van der Waals surface area contributed by atoms with Crippen molar-refractivity contribution >= 4 is 11.6 Å². The highest BCUT2D eigenvalue weighted by Crippen LogP contribution is 2.20. The molecule has 0 aliphatic heterocycles. The first-order valence-electron chi connectivity index (χ1n) is 4.06. The predicted molar refractivity (Wildman–Crippen MR) is 50.9 cm³/mol. The van der Waals surface area contributed by atoms with Crippen LogP contribution in [0.4, 0.5) is 8.78 Å². The fraction of sp³-hybridized carbons (Fsp3) is 0.333. The van der Waals surface area contributed by atoms with Crippen LogP contribution in [-0.2, 0) is 12.3 Å². The number of nitriles is 1. The quantitative estimate of drug-likeness (QED) is 0.812. The predicted octanol–water partition coefficient (Wildman–Crippen LogP) is 2.12. The fourth-order valence-corrected chi connectivity index (χ4v) is 1.44. The average molecular weight is 233 g/mol. The molecular weight excluding hydrogens is 226 g/mol. The van der Waals surface area contributed by atoms with E-state index in [2.05, 4.69) is 4.98 Å². The molecule has 1 N–H and O–H groups in total. The summed E-state index contributed by atoms with van der Waals surface area (Å²) in [4.78, 5) is 13.7. The summed E-state index contributed by atoms with van der Waals surface area (Å²) in [5.41, 5.74) is -1.04. The topological polar surface area (TPSA) is 56.6 Å². The monoisotopic (exact) mass is 232 g/mol. The van der Waals surface area contributed by atoms with Gasteiger partial charge in [-0.25, -0.2) is 8.78 Å². The minimum Gasteiger partial charge on any atom is -0.356 e. The van der Waals surface area contributed by atoms with Gasteiger partial charge in [-0.2, -0.15) is 5.26 Å². The smallest absolute Gasteiger partial charge is 0.278 e. The van der Waals surface area contributed by atoms with Gasteiger partial charge in [0.05, 0.1) is 24.1 Å². The van der Waals surface area contributed by atoms with E-state index in [-0.39, 0.29) is 23.6 Å². The van der Waals surface area contributed by atoms with Gasteiger partial charge in [0.15, 0.2) is 5.43 Å². The molecule has 0 aliphatic carbocycles. The number of alkyl halides is 3. The van der Waals surface area contributed by atoms with Crippen molar-refractivity contribution in [1.82, 2.24) is 4.98 Å². The van der Waals surface area contributed by atoms with E-state index in [1.54, 1.807) is 6.07 Å². The summed E-state index contributed by atoms with van der Waals surface area (Å²) in [5, 5.41) is 8.38. The zero-order valence-corrected chi connectivity index (χ0v) is 8.31. The molecule has 0 saturated heterocycles. The number of halogens is 3. The SMILES string of the molecule is N#CCc1cc(=O)c(CCl)c(C(F)F)[nH]1. The van der Waals surface area contributed by atoms with E-state index in [1.165, 1.54) is 0 Å². The lowest BCUT2D eigenvalue weighted by atomic mass is 10.1.